The van der Waals surface area contributed by atoms with Crippen molar-refractivity contribution in [3.8, 4) is 0 Å². The third kappa shape index (κ3) is 2.38. The monoisotopic (exact) mass is 220 g/mol. The third-order valence-corrected chi connectivity index (χ3v) is 2.63. The Morgan fingerprint density at radius 1 is 1.77 bits per heavy atom. The van der Waals surface area contributed by atoms with Crippen LogP contribution in [-0.4, -0.2) is 19.6 Å². The Balaban J connectivity index is 3.11. The predicted octanol–water partition coefficient (Wildman–Crippen LogP) is 1.47. The van der Waals surface area contributed by atoms with Crippen LogP contribution in [0, 0.1) is 6.92 Å². The number of alkyl halides is 1. The van der Waals surface area contributed by atoms with E-state index in [4.69, 9.17) is 16.8 Å². The highest BCUT2D eigenvalue weighted by molar-refractivity contribution is 8.01. The van der Waals surface area contributed by atoms with E-state index in [1.807, 2.05) is 0 Å². The van der Waals surface area contributed by atoms with Gasteiger partial charge in [-0.1, -0.05) is 11.8 Å². The van der Waals surface area contributed by atoms with Crippen LogP contribution in [0.15, 0.2) is 16.1 Å². The summed E-state index contributed by atoms with van der Waals surface area (Å²) in [6.07, 6.45) is 1.07. The normalized spacial score (nSPS) is 12.8. The second kappa shape index (κ2) is 4.02. The first-order chi connectivity index (χ1) is 6.02. The summed E-state index contributed by atoms with van der Waals surface area (Å²) < 4.78 is 0.304. The molecular weight excluding hydrogens is 212 g/mol. The van der Waals surface area contributed by atoms with Gasteiger partial charge in [-0.25, -0.2) is 4.98 Å². The van der Waals surface area contributed by atoms with Crippen LogP contribution >= 0.6 is 23.4 Å². The molecule has 0 amide bonds. The van der Waals surface area contributed by atoms with Crippen LogP contribution in [0.25, 0.3) is 0 Å². The minimum absolute atomic E-state index is 0.153. The molecule has 72 valence electrons. The molecule has 1 rings (SSSR count). The molecule has 0 saturated heterocycles. The lowest BCUT2D eigenvalue weighted by molar-refractivity contribution is 0.169. The number of nitrogens with zero attached hydrogens (tertiary/aromatic N) is 2. The van der Waals surface area contributed by atoms with Gasteiger partial charge < -0.3 is 5.21 Å². The lowest BCUT2D eigenvalue weighted by Gasteiger charge is -2.05. The summed E-state index contributed by atoms with van der Waals surface area (Å²) in [4.78, 5) is 15.1. The largest absolute Gasteiger partial charge is 0.424 e. The summed E-state index contributed by atoms with van der Waals surface area (Å²) in [5.41, 5.74) is -0.0580. The Morgan fingerprint density at radius 2 is 2.38 bits per heavy atom. The molecule has 1 atom stereocenters. The van der Waals surface area contributed by atoms with Gasteiger partial charge in [0.2, 0.25) is 0 Å². The minimum atomic E-state index is -0.463. The topological polar surface area (TPSA) is 55.1 Å². The Kier molecular flexibility index (Phi) is 3.22. The standard InChI is InChI=1S/C7H9ClN2O2S/c1-4-6(13-5(2)8)9-3-10(12)7(4)11/h3,5,12H,1-2H3. The van der Waals surface area contributed by atoms with Crippen LogP contribution in [0.1, 0.15) is 12.5 Å². The summed E-state index contributed by atoms with van der Waals surface area (Å²) >= 11 is 7.01. The van der Waals surface area contributed by atoms with Crippen molar-refractivity contribution in [2.45, 2.75) is 23.6 Å². The molecule has 6 heteroatoms. The Labute approximate surface area is 84.5 Å². The number of hydrogen-bond acceptors (Lipinski definition) is 4. The van der Waals surface area contributed by atoms with Gasteiger partial charge in [0.1, 0.15) is 11.4 Å². The van der Waals surface area contributed by atoms with E-state index in [0.717, 1.165) is 6.33 Å². The van der Waals surface area contributed by atoms with E-state index >= 15 is 0 Å². The van der Waals surface area contributed by atoms with Crippen LogP contribution in [-0.2, 0) is 0 Å². The van der Waals surface area contributed by atoms with Gasteiger partial charge in [-0.05, 0) is 13.8 Å². The molecule has 1 aromatic rings. The van der Waals surface area contributed by atoms with E-state index in [1.54, 1.807) is 13.8 Å². The highest BCUT2D eigenvalue weighted by atomic mass is 35.5. The van der Waals surface area contributed by atoms with Gasteiger partial charge in [0.25, 0.3) is 5.56 Å². The zero-order chi connectivity index (χ0) is 10.0. The van der Waals surface area contributed by atoms with E-state index in [1.165, 1.54) is 11.8 Å². The van der Waals surface area contributed by atoms with E-state index in [-0.39, 0.29) is 4.71 Å². The van der Waals surface area contributed by atoms with Crippen LogP contribution < -0.4 is 5.56 Å². The van der Waals surface area contributed by atoms with Crippen molar-refractivity contribution >= 4 is 23.4 Å². The van der Waals surface area contributed by atoms with Crippen molar-refractivity contribution < 1.29 is 5.21 Å². The first-order valence-electron chi connectivity index (χ1n) is 3.60. The molecule has 0 spiro atoms. The highest BCUT2D eigenvalue weighted by Crippen LogP contribution is 2.24. The number of thioether (sulfide) groups is 1. The van der Waals surface area contributed by atoms with Crippen molar-refractivity contribution in [1.29, 1.82) is 0 Å². The molecule has 0 aliphatic heterocycles. The van der Waals surface area contributed by atoms with Gasteiger partial charge >= 0.3 is 0 Å². The summed E-state index contributed by atoms with van der Waals surface area (Å²) in [6, 6.07) is 0. The van der Waals surface area contributed by atoms with E-state index in [9.17, 15) is 4.79 Å². The number of halogens is 1. The molecule has 0 saturated carbocycles. The smallest absolute Gasteiger partial charge is 0.289 e. The summed E-state index contributed by atoms with van der Waals surface area (Å²) in [7, 11) is 0. The zero-order valence-corrected chi connectivity index (χ0v) is 8.76. The first-order valence-corrected chi connectivity index (χ1v) is 4.92. The number of rotatable bonds is 2. The molecule has 0 aliphatic carbocycles. The van der Waals surface area contributed by atoms with Crippen LogP contribution in [0.5, 0.6) is 0 Å². The van der Waals surface area contributed by atoms with Gasteiger partial charge in [0.15, 0.2) is 0 Å². The molecule has 0 aliphatic rings. The van der Waals surface area contributed by atoms with E-state index in [0.29, 0.717) is 15.3 Å². The van der Waals surface area contributed by atoms with Crippen molar-refractivity contribution in [3.05, 3.63) is 22.2 Å². The van der Waals surface area contributed by atoms with Crippen LogP contribution in [0.2, 0.25) is 0 Å². The van der Waals surface area contributed by atoms with Gasteiger partial charge in [-0.15, -0.1) is 16.3 Å². The second-order valence-electron chi connectivity index (χ2n) is 2.49. The first kappa shape index (κ1) is 10.4. The molecule has 4 nitrogen and oxygen atoms in total. The third-order valence-electron chi connectivity index (χ3n) is 1.41. The van der Waals surface area contributed by atoms with Gasteiger partial charge in [0.05, 0.1) is 4.71 Å². The van der Waals surface area contributed by atoms with Gasteiger partial charge in [0, 0.05) is 5.56 Å². The number of aromatic nitrogens is 2. The summed E-state index contributed by atoms with van der Waals surface area (Å²) in [5, 5.41) is 9.51. The zero-order valence-electron chi connectivity index (χ0n) is 7.19. The van der Waals surface area contributed by atoms with Gasteiger partial charge in [-0.2, -0.15) is 0 Å². The predicted molar refractivity (Wildman–Crippen MR) is 51.6 cm³/mol. The molecule has 1 aromatic heterocycles. The van der Waals surface area contributed by atoms with Crippen molar-refractivity contribution in [2.24, 2.45) is 0 Å². The van der Waals surface area contributed by atoms with Crippen molar-refractivity contribution in [2.75, 3.05) is 0 Å². The SMILES string of the molecule is Cc1c(SC(C)Cl)ncn(O)c1=O. The molecule has 1 unspecified atom stereocenters. The van der Waals surface area contributed by atoms with E-state index in [2.05, 4.69) is 4.98 Å². The maximum Gasteiger partial charge on any atom is 0.289 e. The Morgan fingerprint density at radius 3 is 2.92 bits per heavy atom. The summed E-state index contributed by atoms with van der Waals surface area (Å²) in [6.45, 7) is 3.39. The fourth-order valence-electron chi connectivity index (χ4n) is 0.792. The highest BCUT2D eigenvalue weighted by Gasteiger charge is 2.09. The average molecular weight is 221 g/mol. The fourth-order valence-corrected chi connectivity index (χ4v) is 1.73. The molecule has 0 fully saturated rings. The van der Waals surface area contributed by atoms with Crippen molar-refractivity contribution in [3.63, 3.8) is 0 Å². The molecular formula is C7H9ClN2O2S. The summed E-state index contributed by atoms with van der Waals surface area (Å²) in [5.74, 6) is 0. The Bertz CT molecular complexity index is 364. The van der Waals surface area contributed by atoms with Gasteiger partial charge in [-0.3, -0.25) is 4.79 Å². The van der Waals surface area contributed by atoms with Crippen LogP contribution in [0.4, 0.5) is 0 Å². The molecule has 1 heterocycles. The maximum absolute atomic E-state index is 11.2. The second-order valence-corrected chi connectivity index (χ2v) is 4.73. The van der Waals surface area contributed by atoms with Crippen molar-refractivity contribution in [1.82, 2.24) is 9.71 Å². The lowest BCUT2D eigenvalue weighted by Crippen LogP contribution is -2.21. The molecule has 1 N–H and O–H groups in total. The quantitative estimate of drug-likeness (QED) is 0.355. The van der Waals surface area contributed by atoms with Crippen LogP contribution in [0.3, 0.4) is 0 Å². The maximum atomic E-state index is 11.2. The Hall–Kier alpha value is -0.680. The van der Waals surface area contributed by atoms with E-state index < -0.39 is 5.56 Å². The fraction of sp³-hybridized carbons (Fsp3) is 0.429. The molecule has 0 aromatic carbocycles. The molecule has 0 radical (unpaired) electrons. The number of hydrogen-bond donors (Lipinski definition) is 1. The lowest BCUT2D eigenvalue weighted by atomic mass is 10.4. The molecule has 0 bridgehead atoms. The minimum Gasteiger partial charge on any atom is -0.424 e. The average Bonchev–Trinajstić information content (AvgIpc) is 2.06. The molecule has 13 heavy (non-hydrogen) atoms.